The largest absolute Gasteiger partial charge is 0.496 e. The Morgan fingerprint density at radius 2 is 1.95 bits per heavy atom. The highest BCUT2D eigenvalue weighted by molar-refractivity contribution is 9.10. The van der Waals surface area contributed by atoms with E-state index < -0.39 is 0 Å². The molecule has 2 aromatic rings. The molecule has 98 valence electrons. The van der Waals surface area contributed by atoms with E-state index in [-0.39, 0.29) is 12.2 Å². The zero-order chi connectivity index (χ0) is 13.8. The minimum atomic E-state index is -0.0317. The summed E-state index contributed by atoms with van der Waals surface area (Å²) >= 11 is 9.45. The molecule has 0 heterocycles. The Hall–Kier alpha value is -1.32. The van der Waals surface area contributed by atoms with Gasteiger partial charge in [-0.05, 0) is 34.1 Å². The number of methoxy groups -OCH3 is 1. The second-order valence-corrected chi connectivity index (χ2v) is 5.25. The summed E-state index contributed by atoms with van der Waals surface area (Å²) in [5.41, 5.74) is 1.37. The summed E-state index contributed by atoms with van der Waals surface area (Å²) in [5.74, 6) is 0.678. The van der Waals surface area contributed by atoms with Gasteiger partial charge in [-0.25, -0.2) is 0 Å². The van der Waals surface area contributed by atoms with Crippen molar-refractivity contribution < 1.29 is 9.53 Å². The molecule has 0 bridgehead atoms. The van der Waals surface area contributed by atoms with Crippen LogP contribution in [-0.4, -0.2) is 12.9 Å². The zero-order valence-electron chi connectivity index (χ0n) is 10.3. The molecule has 0 aliphatic carbocycles. The van der Waals surface area contributed by atoms with Crippen molar-refractivity contribution in [1.82, 2.24) is 0 Å². The summed E-state index contributed by atoms with van der Waals surface area (Å²) in [4.78, 5) is 12.3. The van der Waals surface area contributed by atoms with E-state index in [1.165, 1.54) is 0 Å². The van der Waals surface area contributed by atoms with E-state index in [1.54, 1.807) is 19.2 Å². The van der Waals surface area contributed by atoms with Gasteiger partial charge in [0.25, 0.3) is 0 Å². The van der Waals surface area contributed by atoms with Crippen molar-refractivity contribution in [2.45, 2.75) is 6.42 Å². The van der Waals surface area contributed by atoms with Crippen molar-refractivity contribution in [2.24, 2.45) is 0 Å². The molecule has 0 aliphatic rings. The molecular weight excluding hydrogens is 328 g/mol. The van der Waals surface area contributed by atoms with Crippen LogP contribution in [0.15, 0.2) is 46.9 Å². The number of hydrogen-bond acceptors (Lipinski definition) is 2. The number of benzene rings is 2. The molecular formula is C15H12BrClO2. The minimum absolute atomic E-state index is 0.0317. The lowest BCUT2D eigenvalue weighted by molar-refractivity contribution is 0.0992. The van der Waals surface area contributed by atoms with Gasteiger partial charge in [-0.3, -0.25) is 4.79 Å². The number of carbonyl (C=O) groups is 1. The van der Waals surface area contributed by atoms with Crippen LogP contribution in [0.4, 0.5) is 0 Å². The highest BCUT2D eigenvalue weighted by Crippen LogP contribution is 2.28. The van der Waals surface area contributed by atoms with Crippen LogP contribution in [0.25, 0.3) is 0 Å². The molecule has 4 heteroatoms. The van der Waals surface area contributed by atoms with Crippen LogP contribution in [0.1, 0.15) is 15.9 Å². The Bertz CT molecular complexity index is 611. The highest BCUT2D eigenvalue weighted by Gasteiger charge is 2.14. The summed E-state index contributed by atoms with van der Waals surface area (Å²) in [6.07, 6.45) is 0.264. The molecule has 0 saturated carbocycles. The summed E-state index contributed by atoms with van der Waals surface area (Å²) in [6, 6.07) is 12.8. The fourth-order valence-electron chi connectivity index (χ4n) is 1.84. The van der Waals surface area contributed by atoms with Gasteiger partial charge in [0.2, 0.25) is 0 Å². The van der Waals surface area contributed by atoms with Gasteiger partial charge in [-0.2, -0.15) is 0 Å². The molecule has 2 rings (SSSR count). The van der Waals surface area contributed by atoms with Gasteiger partial charge in [-0.15, -0.1) is 0 Å². The molecule has 0 fully saturated rings. The summed E-state index contributed by atoms with van der Waals surface area (Å²) in [5, 5.41) is 0.447. The lowest BCUT2D eigenvalue weighted by Crippen LogP contribution is -2.05. The Kier molecular flexibility index (Phi) is 4.61. The van der Waals surface area contributed by atoms with Crippen molar-refractivity contribution in [2.75, 3.05) is 7.11 Å². The standard InChI is InChI=1S/C15H12BrClO2/c1-19-14-8-3-2-5-10(14)9-13(18)11-6-4-7-12(16)15(11)17/h2-8H,9H2,1H3. The molecule has 0 N–H and O–H groups in total. The van der Waals surface area contributed by atoms with Gasteiger partial charge in [0, 0.05) is 22.0 Å². The van der Waals surface area contributed by atoms with Crippen LogP contribution < -0.4 is 4.74 Å². The van der Waals surface area contributed by atoms with Gasteiger partial charge >= 0.3 is 0 Å². The number of ketones is 1. The lowest BCUT2D eigenvalue weighted by Gasteiger charge is -2.08. The molecule has 0 saturated heterocycles. The topological polar surface area (TPSA) is 26.3 Å². The average molecular weight is 340 g/mol. The van der Waals surface area contributed by atoms with Crippen LogP contribution >= 0.6 is 27.5 Å². The van der Waals surface area contributed by atoms with Crippen LogP contribution in [0, 0.1) is 0 Å². The van der Waals surface area contributed by atoms with E-state index in [0.717, 1.165) is 10.0 Å². The first-order valence-electron chi connectivity index (χ1n) is 5.72. The summed E-state index contributed by atoms with van der Waals surface area (Å²) in [6.45, 7) is 0. The normalized spacial score (nSPS) is 10.3. The quantitative estimate of drug-likeness (QED) is 0.765. The number of carbonyl (C=O) groups excluding carboxylic acids is 1. The Labute approximate surface area is 125 Å². The first-order chi connectivity index (χ1) is 9.13. The number of rotatable bonds is 4. The van der Waals surface area contributed by atoms with E-state index in [1.807, 2.05) is 30.3 Å². The number of ether oxygens (including phenoxy) is 1. The highest BCUT2D eigenvalue weighted by atomic mass is 79.9. The molecule has 0 amide bonds. The van der Waals surface area contributed by atoms with E-state index in [4.69, 9.17) is 16.3 Å². The number of Topliss-reactive ketones (excluding diaryl/α,β-unsaturated/α-hetero) is 1. The molecule has 0 radical (unpaired) electrons. The van der Waals surface area contributed by atoms with Gasteiger partial charge < -0.3 is 4.74 Å². The predicted molar refractivity (Wildman–Crippen MR) is 80.2 cm³/mol. The monoisotopic (exact) mass is 338 g/mol. The maximum atomic E-state index is 12.3. The number of hydrogen-bond donors (Lipinski definition) is 0. The lowest BCUT2D eigenvalue weighted by atomic mass is 10.0. The smallest absolute Gasteiger partial charge is 0.168 e. The van der Waals surface area contributed by atoms with Crippen molar-refractivity contribution >= 4 is 33.3 Å². The second kappa shape index (κ2) is 6.22. The van der Waals surface area contributed by atoms with E-state index in [2.05, 4.69) is 15.9 Å². The fraction of sp³-hybridized carbons (Fsp3) is 0.133. The first-order valence-corrected chi connectivity index (χ1v) is 6.89. The SMILES string of the molecule is COc1ccccc1CC(=O)c1cccc(Br)c1Cl. The molecule has 0 aromatic heterocycles. The maximum absolute atomic E-state index is 12.3. The number of para-hydroxylation sites is 1. The van der Waals surface area contributed by atoms with E-state index in [0.29, 0.717) is 16.3 Å². The summed E-state index contributed by atoms with van der Waals surface area (Å²) in [7, 11) is 1.59. The van der Waals surface area contributed by atoms with Crippen LogP contribution in [0.2, 0.25) is 5.02 Å². The van der Waals surface area contributed by atoms with Crippen LogP contribution in [0.5, 0.6) is 5.75 Å². The van der Waals surface area contributed by atoms with Gasteiger partial charge in [0.1, 0.15) is 5.75 Å². The van der Waals surface area contributed by atoms with Crippen molar-refractivity contribution in [3.63, 3.8) is 0 Å². The van der Waals surface area contributed by atoms with Gasteiger partial charge in [0.05, 0.1) is 12.1 Å². The fourth-order valence-corrected chi connectivity index (χ4v) is 2.43. The molecule has 0 spiro atoms. The van der Waals surface area contributed by atoms with Crippen LogP contribution in [-0.2, 0) is 6.42 Å². The minimum Gasteiger partial charge on any atom is -0.496 e. The second-order valence-electron chi connectivity index (χ2n) is 4.01. The molecule has 2 nitrogen and oxygen atoms in total. The third kappa shape index (κ3) is 3.17. The van der Waals surface area contributed by atoms with Crippen molar-refractivity contribution in [3.05, 3.63) is 63.1 Å². The van der Waals surface area contributed by atoms with Crippen molar-refractivity contribution in [1.29, 1.82) is 0 Å². The Balaban J connectivity index is 2.28. The Morgan fingerprint density at radius 3 is 2.68 bits per heavy atom. The molecule has 2 aromatic carbocycles. The molecule has 19 heavy (non-hydrogen) atoms. The third-order valence-electron chi connectivity index (χ3n) is 2.80. The maximum Gasteiger partial charge on any atom is 0.168 e. The zero-order valence-corrected chi connectivity index (χ0v) is 12.7. The first kappa shape index (κ1) is 14.1. The predicted octanol–water partition coefficient (Wildman–Crippen LogP) is 4.54. The third-order valence-corrected chi connectivity index (χ3v) is 4.09. The molecule has 0 aliphatic heterocycles. The Morgan fingerprint density at radius 1 is 1.21 bits per heavy atom. The van der Waals surface area contributed by atoms with E-state index in [9.17, 15) is 4.79 Å². The average Bonchev–Trinajstić information content (AvgIpc) is 2.42. The molecule has 0 atom stereocenters. The van der Waals surface area contributed by atoms with Crippen molar-refractivity contribution in [3.8, 4) is 5.75 Å². The van der Waals surface area contributed by atoms with Gasteiger partial charge in [0.15, 0.2) is 5.78 Å². The molecule has 0 unspecified atom stereocenters. The van der Waals surface area contributed by atoms with E-state index >= 15 is 0 Å². The van der Waals surface area contributed by atoms with Gasteiger partial charge in [-0.1, -0.05) is 35.9 Å². The number of halogens is 2. The summed E-state index contributed by atoms with van der Waals surface area (Å²) < 4.78 is 5.96. The van der Waals surface area contributed by atoms with Crippen LogP contribution in [0.3, 0.4) is 0 Å².